The number of fused-ring (bicyclic) bond motifs is 7. The molecule has 0 unspecified atom stereocenters. The molecule has 0 saturated carbocycles. The fourth-order valence-electron chi connectivity index (χ4n) is 7.85. The highest BCUT2D eigenvalue weighted by molar-refractivity contribution is 6.23. The van der Waals surface area contributed by atoms with Gasteiger partial charge < -0.3 is 0 Å². The summed E-state index contributed by atoms with van der Waals surface area (Å²) in [4.78, 5) is 0. The van der Waals surface area contributed by atoms with E-state index in [2.05, 4.69) is 160 Å². The molecule has 0 spiro atoms. The summed E-state index contributed by atoms with van der Waals surface area (Å²) in [5.41, 5.74) is 11.9. The molecule has 0 aliphatic heterocycles. The first-order chi connectivity index (χ1) is 21.5. The number of hydrogen-bond donors (Lipinski definition) is 0. The highest BCUT2D eigenvalue weighted by atomic mass is 14.4. The van der Waals surface area contributed by atoms with Crippen molar-refractivity contribution in [1.29, 1.82) is 0 Å². The molecule has 0 nitrogen and oxygen atoms in total. The van der Waals surface area contributed by atoms with Gasteiger partial charge in [0.1, 0.15) is 0 Å². The summed E-state index contributed by atoms with van der Waals surface area (Å²) in [6.45, 7) is 6.98. The predicted molar refractivity (Wildman–Crippen MR) is 190 cm³/mol. The Labute approximate surface area is 258 Å². The quantitative estimate of drug-likeness (QED) is 0.184. The largest absolute Gasteiger partial charge is 0.0619 e. The van der Waals surface area contributed by atoms with Crippen LogP contribution in [0.15, 0.2) is 140 Å². The second kappa shape index (κ2) is 9.15. The lowest BCUT2D eigenvalue weighted by atomic mass is 9.79. The summed E-state index contributed by atoms with van der Waals surface area (Å²) in [6, 6.07) is 52.4. The number of aryl methyl sites for hydroxylation is 1. The summed E-state index contributed by atoms with van der Waals surface area (Å²) >= 11 is 0. The number of benzene rings is 8. The summed E-state index contributed by atoms with van der Waals surface area (Å²) < 4.78 is 0. The van der Waals surface area contributed by atoms with Crippen molar-refractivity contribution in [3.63, 3.8) is 0 Å². The Morgan fingerprint density at radius 3 is 1.61 bits per heavy atom. The molecule has 0 heterocycles. The second-order valence-corrected chi connectivity index (χ2v) is 13.0. The first kappa shape index (κ1) is 25.3. The Morgan fingerprint density at radius 1 is 0.386 bits per heavy atom. The van der Waals surface area contributed by atoms with Crippen LogP contribution >= 0.6 is 0 Å². The van der Waals surface area contributed by atoms with Gasteiger partial charge in [0.05, 0.1) is 0 Å². The van der Waals surface area contributed by atoms with Crippen LogP contribution in [0.3, 0.4) is 0 Å². The average molecular weight is 561 g/mol. The van der Waals surface area contributed by atoms with Gasteiger partial charge in [-0.15, -0.1) is 0 Å². The Bertz CT molecular complexity index is 2470. The van der Waals surface area contributed by atoms with Crippen molar-refractivity contribution in [2.75, 3.05) is 0 Å². The SMILES string of the molecule is Cc1ccc2c(-c3ccc4ccccc4c3)c3cc4c(cc3c(-c3ccc5ccccc5c3)c2c1)C(C)(C)c1ccccc1-4. The van der Waals surface area contributed by atoms with Crippen LogP contribution in [0.25, 0.3) is 76.5 Å². The molecule has 0 amide bonds. The van der Waals surface area contributed by atoms with Crippen LogP contribution in [0.5, 0.6) is 0 Å². The molecule has 8 aromatic carbocycles. The lowest BCUT2D eigenvalue weighted by molar-refractivity contribution is 0.661. The maximum absolute atomic E-state index is 2.53. The molecule has 9 rings (SSSR count). The van der Waals surface area contributed by atoms with Gasteiger partial charge in [-0.05, 0) is 119 Å². The molecule has 0 saturated heterocycles. The molecule has 8 aromatic rings. The van der Waals surface area contributed by atoms with Gasteiger partial charge in [-0.1, -0.05) is 135 Å². The Hall–Kier alpha value is -5.20. The molecule has 1 aliphatic carbocycles. The van der Waals surface area contributed by atoms with Crippen molar-refractivity contribution in [3.05, 3.63) is 156 Å². The van der Waals surface area contributed by atoms with E-state index in [1.165, 1.54) is 93.2 Å². The molecule has 1 aliphatic rings. The van der Waals surface area contributed by atoms with Crippen molar-refractivity contribution in [3.8, 4) is 33.4 Å². The molecule has 44 heavy (non-hydrogen) atoms. The summed E-state index contributed by atoms with van der Waals surface area (Å²) in [7, 11) is 0. The second-order valence-electron chi connectivity index (χ2n) is 13.0. The van der Waals surface area contributed by atoms with Gasteiger partial charge in [-0.25, -0.2) is 0 Å². The highest BCUT2D eigenvalue weighted by Gasteiger charge is 2.36. The normalized spacial score (nSPS) is 13.5. The molecule has 0 bridgehead atoms. The molecular formula is C44H32. The summed E-state index contributed by atoms with van der Waals surface area (Å²) in [6.07, 6.45) is 0. The summed E-state index contributed by atoms with van der Waals surface area (Å²) in [5.74, 6) is 0. The van der Waals surface area contributed by atoms with Crippen LogP contribution < -0.4 is 0 Å². The third kappa shape index (κ3) is 3.58. The Morgan fingerprint density at radius 2 is 0.932 bits per heavy atom. The molecule has 0 N–H and O–H groups in total. The molecule has 0 aromatic heterocycles. The van der Waals surface area contributed by atoms with Crippen LogP contribution in [-0.4, -0.2) is 0 Å². The molecule has 0 heteroatoms. The van der Waals surface area contributed by atoms with E-state index in [9.17, 15) is 0 Å². The maximum atomic E-state index is 2.53. The lowest BCUT2D eigenvalue weighted by Crippen LogP contribution is -2.14. The smallest absolute Gasteiger partial charge is 0.0159 e. The molecule has 0 fully saturated rings. The van der Waals surface area contributed by atoms with Crippen molar-refractivity contribution < 1.29 is 0 Å². The monoisotopic (exact) mass is 560 g/mol. The average Bonchev–Trinajstić information content (AvgIpc) is 3.28. The van der Waals surface area contributed by atoms with Gasteiger partial charge in [0.15, 0.2) is 0 Å². The fraction of sp³-hybridized carbons (Fsp3) is 0.0909. The van der Waals surface area contributed by atoms with Crippen molar-refractivity contribution in [2.24, 2.45) is 0 Å². The van der Waals surface area contributed by atoms with E-state index in [0.29, 0.717) is 0 Å². The van der Waals surface area contributed by atoms with E-state index in [0.717, 1.165) is 0 Å². The van der Waals surface area contributed by atoms with Gasteiger partial charge in [-0.3, -0.25) is 0 Å². The van der Waals surface area contributed by atoms with Gasteiger partial charge in [0.25, 0.3) is 0 Å². The van der Waals surface area contributed by atoms with Crippen molar-refractivity contribution in [2.45, 2.75) is 26.2 Å². The first-order valence-electron chi connectivity index (χ1n) is 15.6. The van der Waals surface area contributed by atoms with Crippen LogP contribution in [0.4, 0.5) is 0 Å². The zero-order valence-corrected chi connectivity index (χ0v) is 25.3. The molecule has 208 valence electrons. The van der Waals surface area contributed by atoms with Gasteiger partial charge >= 0.3 is 0 Å². The number of hydrogen-bond acceptors (Lipinski definition) is 0. The van der Waals surface area contributed by atoms with E-state index in [-0.39, 0.29) is 5.41 Å². The van der Waals surface area contributed by atoms with E-state index in [1.54, 1.807) is 0 Å². The van der Waals surface area contributed by atoms with Crippen LogP contribution in [0.2, 0.25) is 0 Å². The molecule has 0 radical (unpaired) electrons. The maximum Gasteiger partial charge on any atom is 0.0159 e. The first-order valence-corrected chi connectivity index (χ1v) is 15.6. The van der Waals surface area contributed by atoms with Gasteiger partial charge in [-0.2, -0.15) is 0 Å². The number of rotatable bonds is 2. The van der Waals surface area contributed by atoms with Crippen molar-refractivity contribution in [1.82, 2.24) is 0 Å². The zero-order valence-electron chi connectivity index (χ0n) is 25.3. The predicted octanol–water partition coefficient (Wildman–Crippen LogP) is 12.2. The minimum atomic E-state index is -0.0779. The molecule has 0 atom stereocenters. The van der Waals surface area contributed by atoms with Crippen LogP contribution in [0, 0.1) is 6.92 Å². The van der Waals surface area contributed by atoms with E-state index in [4.69, 9.17) is 0 Å². The topological polar surface area (TPSA) is 0 Å². The minimum Gasteiger partial charge on any atom is -0.0619 e. The standard InChI is InChI=1S/C44H32/c1-27-16-21-35-37(22-27)43(33-20-18-29-11-5-7-13-31(29)24-33)39-26-41-36(34-14-8-9-15-40(34)44(41,2)3)25-38(39)42(35)32-19-17-28-10-4-6-12-30(28)23-32/h4-26H,1-3H3. The Kier molecular flexibility index (Phi) is 5.26. The third-order valence-corrected chi connectivity index (χ3v) is 10.1. The third-order valence-electron chi connectivity index (χ3n) is 10.1. The van der Waals surface area contributed by atoms with E-state index < -0.39 is 0 Å². The van der Waals surface area contributed by atoms with Crippen LogP contribution in [-0.2, 0) is 5.41 Å². The Balaban J connectivity index is 1.48. The fourth-order valence-corrected chi connectivity index (χ4v) is 7.85. The highest BCUT2D eigenvalue weighted by Crippen LogP contribution is 2.53. The summed E-state index contributed by atoms with van der Waals surface area (Å²) in [5, 5.41) is 10.3. The van der Waals surface area contributed by atoms with Gasteiger partial charge in [0.2, 0.25) is 0 Å². The van der Waals surface area contributed by atoms with Crippen LogP contribution in [0.1, 0.15) is 30.5 Å². The van der Waals surface area contributed by atoms with E-state index >= 15 is 0 Å². The lowest BCUT2D eigenvalue weighted by Gasteiger charge is -2.24. The van der Waals surface area contributed by atoms with E-state index in [1.807, 2.05) is 0 Å². The zero-order chi connectivity index (χ0) is 29.6. The van der Waals surface area contributed by atoms with Gasteiger partial charge in [0, 0.05) is 5.41 Å². The minimum absolute atomic E-state index is 0.0779. The van der Waals surface area contributed by atoms with Crippen molar-refractivity contribution >= 4 is 43.1 Å². The molecular weight excluding hydrogens is 528 g/mol.